The van der Waals surface area contributed by atoms with E-state index >= 15 is 0 Å². The standard InChI is InChI=1S/C22H32N5O14P3S2/c1-22(2,5-36-18-15-11-12(15)14-13(11)16(14)18)46-45-7-37-8-3-10(27-6-24-17-19(27)25-21(23)26-20(17)28)39-9(8)4-38-43(32,33)41-44(34,35)40-42(29,30)31/h6,8-16,18H,3-5,7H2,1-2H3,(H,32,33)(H,34,35)(H2,29,30,31)(H3,23,25,26,28)/t8?,9-,10-,11?,12?,13?,14?,15?,16?,18?/m1/s1. The van der Waals surface area contributed by atoms with E-state index in [1.165, 1.54) is 21.7 Å². The van der Waals surface area contributed by atoms with Crippen LogP contribution in [-0.2, 0) is 41.1 Å². The predicted molar refractivity (Wildman–Crippen MR) is 161 cm³/mol. The molecule has 1 saturated heterocycles. The van der Waals surface area contributed by atoms with Gasteiger partial charge >= 0.3 is 23.5 Å². The number of rotatable bonds is 16. The monoisotopic (exact) mass is 747 g/mol. The quantitative estimate of drug-likeness (QED) is 0.0619. The Labute approximate surface area is 268 Å². The maximum atomic E-state index is 12.4. The summed E-state index contributed by atoms with van der Waals surface area (Å²) >= 11 is 0. The number of aromatic nitrogens is 4. The van der Waals surface area contributed by atoms with Crippen molar-refractivity contribution in [1.82, 2.24) is 19.5 Å². The zero-order valence-corrected chi connectivity index (χ0v) is 28.4. The number of nitrogens with one attached hydrogen (secondary N) is 1. The van der Waals surface area contributed by atoms with Crippen molar-refractivity contribution in [3.63, 3.8) is 0 Å². The van der Waals surface area contributed by atoms with Crippen LogP contribution in [0.2, 0.25) is 0 Å². The van der Waals surface area contributed by atoms with Crippen LogP contribution in [0.4, 0.5) is 5.95 Å². The Morgan fingerprint density at radius 3 is 2.39 bits per heavy atom. The summed E-state index contributed by atoms with van der Waals surface area (Å²) in [6, 6.07) is 0. The molecule has 19 nitrogen and oxygen atoms in total. The maximum absolute atomic E-state index is 12.4. The van der Waals surface area contributed by atoms with E-state index in [0.717, 1.165) is 35.5 Å². The molecule has 8 rings (SSSR count). The first-order valence-corrected chi connectivity index (χ1v) is 21.0. The highest BCUT2D eigenvalue weighted by Crippen LogP contribution is 2.92. The summed E-state index contributed by atoms with van der Waals surface area (Å²) < 4.78 is 67.1. The highest BCUT2D eigenvalue weighted by atomic mass is 33.1. The minimum Gasteiger partial charge on any atom is -0.376 e. The molecule has 2 aromatic rings. The van der Waals surface area contributed by atoms with Gasteiger partial charge in [0.2, 0.25) is 5.95 Å². The molecule has 0 spiro atoms. The molecule has 24 heteroatoms. The lowest BCUT2D eigenvalue weighted by molar-refractivity contribution is -0.0522. The second kappa shape index (κ2) is 11.6. The van der Waals surface area contributed by atoms with Gasteiger partial charge < -0.3 is 39.5 Å². The molecule has 2 aromatic heterocycles. The topological polar surface area (TPSA) is 277 Å². The molecule has 3 heterocycles. The number of fused-ring (bicyclic) bond motifs is 1. The third-order valence-corrected chi connectivity index (χ3v) is 15.7. The van der Waals surface area contributed by atoms with E-state index in [1.807, 2.05) is 0 Å². The van der Waals surface area contributed by atoms with Gasteiger partial charge in [-0.25, -0.2) is 18.7 Å². The summed E-state index contributed by atoms with van der Waals surface area (Å²) in [6.07, 6.45) is -0.860. The van der Waals surface area contributed by atoms with Crippen LogP contribution in [-0.4, -0.2) is 81.3 Å². The van der Waals surface area contributed by atoms with Crippen LogP contribution in [0.15, 0.2) is 11.1 Å². The van der Waals surface area contributed by atoms with Gasteiger partial charge in [-0.2, -0.15) is 13.6 Å². The average Bonchev–Trinajstić information content (AvgIpc) is 3.35. The minimum absolute atomic E-state index is 0.00295. The summed E-state index contributed by atoms with van der Waals surface area (Å²) in [7, 11) is -13.7. The summed E-state index contributed by atoms with van der Waals surface area (Å²) in [6.45, 7) is 4.05. The molecular weight excluding hydrogens is 715 g/mol. The van der Waals surface area contributed by atoms with Crippen LogP contribution in [0.1, 0.15) is 26.5 Å². The third-order valence-electron chi connectivity index (χ3n) is 9.03. The molecule has 256 valence electrons. The van der Waals surface area contributed by atoms with Crippen LogP contribution < -0.4 is 11.3 Å². The van der Waals surface area contributed by atoms with Crippen LogP contribution >= 0.6 is 45.1 Å². The number of aromatic amines is 1. The number of nitrogen functional groups attached to an aromatic ring is 1. The van der Waals surface area contributed by atoms with E-state index < -0.39 is 54.1 Å². The zero-order valence-electron chi connectivity index (χ0n) is 24.1. The van der Waals surface area contributed by atoms with E-state index in [1.54, 1.807) is 10.8 Å². The predicted octanol–water partition coefficient (Wildman–Crippen LogP) is 1.97. The molecule has 0 amide bonds. The Kier molecular flexibility index (Phi) is 8.48. The van der Waals surface area contributed by atoms with Gasteiger partial charge in [0, 0.05) is 11.2 Å². The molecule has 5 saturated carbocycles. The number of hydrogen-bond donors (Lipinski definition) is 6. The average molecular weight is 748 g/mol. The van der Waals surface area contributed by atoms with Gasteiger partial charge in [-0.3, -0.25) is 18.9 Å². The lowest BCUT2D eigenvalue weighted by Gasteiger charge is -2.26. The van der Waals surface area contributed by atoms with Crippen molar-refractivity contribution in [3.05, 3.63) is 16.7 Å². The Morgan fingerprint density at radius 1 is 1.07 bits per heavy atom. The van der Waals surface area contributed by atoms with Gasteiger partial charge in [0.05, 0.1) is 31.7 Å². The molecule has 5 aliphatic carbocycles. The maximum Gasteiger partial charge on any atom is 0.490 e. The number of nitrogens with zero attached hydrogens (tertiary/aromatic N) is 3. The highest BCUT2D eigenvalue weighted by molar-refractivity contribution is 8.77. The fourth-order valence-corrected chi connectivity index (χ4v) is 12.6. The Morgan fingerprint density at radius 2 is 1.74 bits per heavy atom. The van der Waals surface area contributed by atoms with Crippen molar-refractivity contribution in [3.8, 4) is 0 Å². The lowest BCUT2D eigenvalue weighted by atomic mass is 10.0. The van der Waals surface area contributed by atoms with Gasteiger partial charge in [-0.05, 0) is 49.4 Å². The fraction of sp³-hybridized carbons (Fsp3) is 0.773. The smallest absolute Gasteiger partial charge is 0.376 e. The number of imidazole rings is 1. The van der Waals surface area contributed by atoms with Crippen molar-refractivity contribution in [2.45, 2.75) is 49.6 Å². The lowest BCUT2D eigenvalue weighted by Crippen LogP contribution is -2.29. The number of H-pyrrole nitrogens is 1. The van der Waals surface area contributed by atoms with Crippen LogP contribution in [0, 0.1) is 35.5 Å². The van der Waals surface area contributed by atoms with E-state index in [2.05, 4.69) is 37.4 Å². The Bertz CT molecular complexity index is 1700. The largest absolute Gasteiger partial charge is 0.490 e. The first kappa shape index (κ1) is 33.6. The molecule has 1 aliphatic heterocycles. The molecule has 2 bridgehead atoms. The van der Waals surface area contributed by atoms with Gasteiger partial charge in [0.25, 0.3) is 5.56 Å². The van der Waals surface area contributed by atoms with E-state index in [0.29, 0.717) is 12.7 Å². The van der Waals surface area contributed by atoms with Gasteiger partial charge in [-0.15, -0.1) is 0 Å². The number of nitrogens with two attached hydrogens (primary N) is 1. The van der Waals surface area contributed by atoms with Gasteiger partial charge in [-0.1, -0.05) is 21.6 Å². The zero-order chi connectivity index (χ0) is 33.0. The normalized spacial score (nSPS) is 36.7. The number of anilines is 1. The number of ether oxygens (including phenoxy) is 3. The van der Waals surface area contributed by atoms with E-state index in [9.17, 15) is 28.3 Å². The molecule has 0 radical (unpaired) electrons. The molecule has 3 unspecified atom stereocenters. The van der Waals surface area contributed by atoms with E-state index in [4.69, 9.17) is 34.3 Å². The fourth-order valence-electron chi connectivity index (χ4n) is 7.47. The molecule has 6 aliphatic rings. The van der Waals surface area contributed by atoms with Gasteiger partial charge in [0.15, 0.2) is 11.2 Å². The van der Waals surface area contributed by atoms with Crippen LogP contribution in [0.25, 0.3) is 11.2 Å². The first-order valence-electron chi connectivity index (χ1n) is 14.1. The van der Waals surface area contributed by atoms with Crippen molar-refractivity contribution >= 4 is 62.2 Å². The molecule has 5 atom stereocenters. The molecule has 0 aromatic carbocycles. The molecule has 6 fully saturated rings. The van der Waals surface area contributed by atoms with Crippen molar-refractivity contribution in [2.75, 3.05) is 24.9 Å². The summed E-state index contributed by atoms with van der Waals surface area (Å²) in [5.74, 6) is 5.25. The van der Waals surface area contributed by atoms with Crippen LogP contribution in [0.5, 0.6) is 0 Å². The Hall–Kier alpha value is -0.860. The highest BCUT2D eigenvalue weighted by Gasteiger charge is 2.92. The minimum atomic E-state index is -5.71. The Balaban J connectivity index is 0.969. The number of hydrogen-bond acceptors (Lipinski definition) is 15. The van der Waals surface area contributed by atoms with Gasteiger partial charge in [0.1, 0.15) is 18.3 Å². The van der Waals surface area contributed by atoms with Crippen LogP contribution in [0.3, 0.4) is 0 Å². The SMILES string of the molecule is CC(C)(COC1C2C3C2C2C1C32)SSCOC1C[C@H](n2cnc3c(=O)[nH]c(N)nc32)O[C@@H]1COP(=O)(O)OP(=O)(O)OP(=O)(O)O. The second-order valence-electron chi connectivity index (χ2n) is 12.6. The van der Waals surface area contributed by atoms with E-state index in [-0.39, 0.29) is 34.2 Å². The molecule has 46 heavy (non-hydrogen) atoms. The van der Waals surface area contributed by atoms with Crippen molar-refractivity contribution in [1.29, 1.82) is 0 Å². The molecular formula is C22H32N5O14P3S2. The number of phosphoric ester groups is 1. The van der Waals surface area contributed by atoms with Crippen molar-refractivity contribution < 1.29 is 60.6 Å². The second-order valence-corrected chi connectivity index (χ2v) is 19.9. The van der Waals surface area contributed by atoms with Crippen molar-refractivity contribution in [2.24, 2.45) is 35.5 Å². The summed E-state index contributed by atoms with van der Waals surface area (Å²) in [5, 5.41) is 0. The third kappa shape index (κ3) is 6.55. The summed E-state index contributed by atoms with van der Waals surface area (Å²) in [5.41, 5.74) is 5.24. The number of phosphoric acid groups is 3. The summed E-state index contributed by atoms with van der Waals surface area (Å²) in [4.78, 5) is 59.7. The first-order chi connectivity index (χ1) is 21.4. The molecule has 7 N–H and O–H groups in total.